The number of imidazole rings is 1. The molecule has 23 heavy (non-hydrogen) atoms. The summed E-state index contributed by atoms with van der Waals surface area (Å²) in [5.41, 5.74) is 0. The molecule has 7 nitrogen and oxygen atoms in total. The summed E-state index contributed by atoms with van der Waals surface area (Å²) in [6.45, 7) is 1.43. The number of ether oxygens (including phenoxy) is 1. The Morgan fingerprint density at radius 1 is 1.30 bits per heavy atom. The number of hydrogen-bond donors (Lipinski definition) is 1. The first-order valence-electron chi connectivity index (χ1n) is 7.36. The van der Waals surface area contributed by atoms with Crippen molar-refractivity contribution < 1.29 is 13.2 Å². The van der Waals surface area contributed by atoms with Crippen molar-refractivity contribution in [2.24, 2.45) is 0 Å². The van der Waals surface area contributed by atoms with E-state index in [0.29, 0.717) is 25.4 Å². The summed E-state index contributed by atoms with van der Waals surface area (Å²) in [6.07, 6.45) is 3.42. The van der Waals surface area contributed by atoms with Crippen LogP contribution in [0.3, 0.4) is 0 Å². The highest BCUT2D eigenvalue weighted by atomic mass is 32.2. The number of rotatable bonds is 4. The van der Waals surface area contributed by atoms with Gasteiger partial charge in [-0.2, -0.15) is 4.31 Å². The SMILES string of the molecule is COc1ccccc1S(=O)(=O)N1CCN(C)[C@H](c2ncc[nH]2)C1. The Morgan fingerprint density at radius 3 is 2.78 bits per heavy atom. The molecule has 1 fully saturated rings. The first-order valence-corrected chi connectivity index (χ1v) is 8.80. The zero-order valence-corrected chi connectivity index (χ0v) is 14.0. The second-order valence-corrected chi connectivity index (χ2v) is 7.39. The average molecular weight is 336 g/mol. The Kier molecular flexibility index (Phi) is 4.38. The van der Waals surface area contributed by atoms with Gasteiger partial charge in [0.2, 0.25) is 10.0 Å². The molecule has 0 radical (unpaired) electrons. The lowest BCUT2D eigenvalue weighted by atomic mass is 10.2. The minimum absolute atomic E-state index is 0.0942. The molecule has 1 aromatic heterocycles. The molecule has 1 N–H and O–H groups in total. The highest BCUT2D eigenvalue weighted by molar-refractivity contribution is 7.89. The van der Waals surface area contributed by atoms with Crippen molar-refractivity contribution in [2.45, 2.75) is 10.9 Å². The largest absolute Gasteiger partial charge is 0.495 e. The van der Waals surface area contributed by atoms with Crippen molar-refractivity contribution in [1.29, 1.82) is 0 Å². The summed E-state index contributed by atoms with van der Waals surface area (Å²) in [4.78, 5) is 9.65. The van der Waals surface area contributed by atoms with Crippen LogP contribution in [0.25, 0.3) is 0 Å². The van der Waals surface area contributed by atoms with Gasteiger partial charge >= 0.3 is 0 Å². The van der Waals surface area contributed by atoms with Crippen molar-refractivity contribution in [3.05, 3.63) is 42.5 Å². The molecule has 0 unspecified atom stereocenters. The van der Waals surface area contributed by atoms with Crippen molar-refractivity contribution in [3.63, 3.8) is 0 Å². The van der Waals surface area contributed by atoms with Gasteiger partial charge in [-0.1, -0.05) is 12.1 Å². The summed E-state index contributed by atoms with van der Waals surface area (Å²) in [5, 5.41) is 0. The molecule has 0 aliphatic carbocycles. The molecule has 0 spiro atoms. The number of piperazine rings is 1. The minimum atomic E-state index is -3.61. The predicted molar refractivity (Wildman–Crippen MR) is 85.7 cm³/mol. The van der Waals surface area contributed by atoms with Crippen LogP contribution < -0.4 is 4.74 Å². The van der Waals surface area contributed by atoms with Gasteiger partial charge in [-0.3, -0.25) is 4.90 Å². The monoisotopic (exact) mass is 336 g/mol. The highest BCUT2D eigenvalue weighted by Gasteiger charge is 2.35. The van der Waals surface area contributed by atoms with Crippen LogP contribution in [0.15, 0.2) is 41.6 Å². The summed E-state index contributed by atoms with van der Waals surface area (Å²) in [5.74, 6) is 1.13. The third kappa shape index (κ3) is 2.97. The normalized spacial score (nSPS) is 20.5. The third-order valence-corrected chi connectivity index (χ3v) is 6.04. The van der Waals surface area contributed by atoms with Gasteiger partial charge in [0.25, 0.3) is 0 Å². The minimum Gasteiger partial charge on any atom is -0.495 e. The van der Waals surface area contributed by atoms with E-state index in [1.807, 2.05) is 7.05 Å². The first kappa shape index (κ1) is 16.0. The third-order valence-electron chi connectivity index (χ3n) is 4.13. The zero-order chi connectivity index (χ0) is 16.4. The van der Waals surface area contributed by atoms with Crippen molar-refractivity contribution in [1.82, 2.24) is 19.2 Å². The van der Waals surface area contributed by atoms with Crippen molar-refractivity contribution in [2.75, 3.05) is 33.8 Å². The van der Waals surface area contributed by atoms with Crippen LogP contribution in [0.1, 0.15) is 11.9 Å². The number of aromatic amines is 1. The molecule has 124 valence electrons. The fraction of sp³-hybridized carbons (Fsp3) is 0.400. The molecule has 8 heteroatoms. The van der Waals surface area contributed by atoms with E-state index < -0.39 is 10.0 Å². The predicted octanol–water partition coefficient (Wildman–Crippen LogP) is 1.10. The van der Waals surface area contributed by atoms with Gasteiger partial charge in [-0.05, 0) is 19.2 Å². The van der Waals surface area contributed by atoms with E-state index in [1.165, 1.54) is 11.4 Å². The Morgan fingerprint density at radius 2 is 2.09 bits per heavy atom. The van der Waals surface area contributed by atoms with Crippen LogP contribution >= 0.6 is 0 Å². The van der Waals surface area contributed by atoms with Crippen LogP contribution in [-0.2, 0) is 10.0 Å². The number of sulfonamides is 1. The molecular formula is C15H20N4O3S. The molecular weight excluding hydrogens is 316 g/mol. The first-order chi connectivity index (χ1) is 11.0. The molecule has 1 saturated heterocycles. The number of H-pyrrole nitrogens is 1. The maximum atomic E-state index is 13.0. The van der Waals surface area contributed by atoms with E-state index in [0.717, 1.165) is 5.82 Å². The van der Waals surface area contributed by atoms with Gasteiger partial charge in [0, 0.05) is 32.0 Å². The molecule has 0 saturated carbocycles. The summed E-state index contributed by atoms with van der Waals surface area (Å²) in [6, 6.07) is 6.60. The summed E-state index contributed by atoms with van der Waals surface area (Å²) in [7, 11) is -0.164. The maximum Gasteiger partial charge on any atom is 0.246 e. The van der Waals surface area contributed by atoms with E-state index in [2.05, 4.69) is 14.9 Å². The maximum absolute atomic E-state index is 13.0. The Balaban J connectivity index is 1.91. The van der Waals surface area contributed by atoms with Gasteiger partial charge in [0.1, 0.15) is 16.5 Å². The number of nitrogens with one attached hydrogen (secondary N) is 1. The van der Waals surface area contributed by atoms with E-state index in [9.17, 15) is 8.42 Å². The summed E-state index contributed by atoms with van der Waals surface area (Å²) >= 11 is 0. The highest BCUT2D eigenvalue weighted by Crippen LogP contribution is 2.30. The molecule has 1 atom stereocenters. The molecule has 0 bridgehead atoms. The van der Waals surface area contributed by atoms with Gasteiger partial charge in [0.05, 0.1) is 13.2 Å². The number of nitrogens with zero attached hydrogens (tertiary/aromatic N) is 3. The van der Waals surface area contributed by atoms with E-state index in [4.69, 9.17) is 4.74 Å². The number of benzene rings is 1. The van der Waals surface area contributed by atoms with Crippen LogP contribution in [0.4, 0.5) is 0 Å². The Bertz CT molecular complexity index is 761. The van der Waals surface area contributed by atoms with Gasteiger partial charge in [0.15, 0.2) is 0 Å². The average Bonchev–Trinajstić information content (AvgIpc) is 3.09. The number of aromatic nitrogens is 2. The van der Waals surface area contributed by atoms with E-state index in [1.54, 1.807) is 36.7 Å². The standard InChI is InChI=1S/C15H20N4O3S/c1-18-9-10-19(11-12(18)15-16-7-8-17-15)23(20,21)14-6-4-3-5-13(14)22-2/h3-8,12H,9-11H2,1-2H3,(H,16,17)/t12-/m0/s1. The molecule has 1 aliphatic heterocycles. The summed E-state index contributed by atoms with van der Waals surface area (Å²) < 4.78 is 32.7. The second kappa shape index (κ2) is 6.31. The topological polar surface area (TPSA) is 78.5 Å². The lowest BCUT2D eigenvalue weighted by Crippen LogP contribution is -2.49. The molecule has 1 aromatic carbocycles. The fourth-order valence-corrected chi connectivity index (χ4v) is 4.39. The second-order valence-electron chi connectivity index (χ2n) is 5.48. The van der Waals surface area contributed by atoms with Crippen molar-refractivity contribution >= 4 is 10.0 Å². The molecule has 2 aromatic rings. The van der Waals surface area contributed by atoms with Crippen LogP contribution in [0.5, 0.6) is 5.75 Å². The number of para-hydroxylation sites is 1. The van der Waals surface area contributed by atoms with Crippen LogP contribution in [0.2, 0.25) is 0 Å². The van der Waals surface area contributed by atoms with E-state index >= 15 is 0 Å². The zero-order valence-electron chi connectivity index (χ0n) is 13.1. The van der Waals surface area contributed by atoms with Gasteiger partial charge in [-0.25, -0.2) is 13.4 Å². The molecule has 3 rings (SSSR count). The lowest BCUT2D eigenvalue weighted by Gasteiger charge is -2.37. The molecule has 0 amide bonds. The van der Waals surface area contributed by atoms with Gasteiger partial charge in [-0.15, -0.1) is 0 Å². The number of hydrogen-bond acceptors (Lipinski definition) is 5. The smallest absolute Gasteiger partial charge is 0.246 e. The van der Waals surface area contributed by atoms with Crippen molar-refractivity contribution in [3.8, 4) is 5.75 Å². The Hall–Kier alpha value is -1.90. The van der Waals surface area contributed by atoms with Crippen LogP contribution in [0, 0.1) is 0 Å². The number of methoxy groups -OCH3 is 1. The molecule has 2 heterocycles. The fourth-order valence-electron chi connectivity index (χ4n) is 2.79. The Labute approximate surface area is 135 Å². The van der Waals surface area contributed by atoms with Crippen LogP contribution in [-0.4, -0.2) is 61.4 Å². The van der Waals surface area contributed by atoms with E-state index in [-0.39, 0.29) is 10.9 Å². The number of likely N-dealkylation sites (N-methyl/N-ethyl adjacent to an activating group) is 1. The molecule has 1 aliphatic rings. The van der Waals surface area contributed by atoms with Gasteiger partial charge < -0.3 is 9.72 Å². The quantitative estimate of drug-likeness (QED) is 0.904. The lowest BCUT2D eigenvalue weighted by molar-refractivity contribution is 0.142.